The number of nitrogens with one attached hydrogen (secondary N) is 1. The maximum atomic E-state index is 5.93. The molecule has 2 unspecified atom stereocenters. The van der Waals surface area contributed by atoms with Crippen LogP contribution in [0, 0.1) is 0 Å². The molecule has 1 aromatic rings. The third-order valence-corrected chi connectivity index (χ3v) is 2.91. The molecule has 2 atom stereocenters. The predicted octanol–water partition coefficient (Wildman–Crippen LogP) is 3.54. The summed E-state index contributed by atoms with van der Waals surface area (Å²) in [6.45, 7) is 8.17. The molecule has 0 amide bonds. The highest BCUT2D eigenvalue weighted by molar-refractivity contribution is 5.19. The summed E-state index contributed by atoms with van der Waals surface area (Å²) in [5, 5.41) is 3.54. The number of ether oxygens (including phenoxy) is 1. The monoisotopic (exact) mass is 235 g/mol. The van der Waals surface area contributed by atoms with Crippen molar-refractivity contribution in [2.75, 3.05) is 13.2 Å². The maximum absolute atomic E-state index is 5.93. The summed E-state index contributed by atoms with van der Waals surface area (Å²) < 4.78 is 5.93. The van der Waals surface area contributed by atoms with Crippen molar-refractivity contribution in [3.05, 3.63) is 35.9 Å². The lowest BCUT2D eigenvalue weighted by atomic mass is 9.98. The quantitative estimate of drug-likeness (QED) is 0.744. The van der Waals surface area contributed by atoms with Crippen molar-refractivity contribution in [2.24, 2.45) is 0 Å². The summed E-state index contributed by atoms with van der Waals surface area (Å²) in [5.74, 6) is 0. The molecule has 0 aliphatic carbocycles. The first-order valence-electron chi connectivity index (χ1n) is 6.73. The predicted molar refractivity (Wildman–Crippen MR) is 73.2 cm³/mol. The van der Waals surface area contributed by atoms with Crippen molar-refractivity contribution in [3.63, 3.8) is 0 Å². The van der Waals surface area contributed by atoms with Crippen LogP contribution in [-0.4, -0.2) is 19.2 Å². The van der Waals surface area contributed by atoms with Crippen LogP contribution < -0.4 is 5.32 Å². The normalized spacial score (nSPS) is 14.5. The number of benzene rings is 1. The van der Waals surface area contributed by atoms with Crippen molar-refractivity contribution in [3.8, 4) is 0 Å². The van der Waals surface area contributed by atoms with Gasteiger partial charge in [-0.3, -0.25) is 0 Å². The third kappa shape index (κ3) is 4.49. The van der Waals surface area contributed by atoms with E-state index in [1.807, 2.05) is 0 Å². The first-order chi connectivity index (χ1) is 8.33. The fourth-order valence-electron chi connectivity index (χ4n) is 2.20. The van der Waals surface area contributed by atoms with Gasteiger partial charge in [0, 0.05) is 12.6 Å². The van der Waals surface area contributed by atoms with Gasteiger partial charge in [-0.25, -0.2) is 0 Å². The van der Waals surface area contributed by atoms with Crippen LogP contribution in [0.3, 0.4) is 0 Å². The van der Waals surface area contributed by atoms with Crippen LogP contribution in [0.25, 0.3) is 0 Å². The third-order valence-electron chi connectivity index (χ3n) is 2.91. The Balaban J connectivity index is 2.81. The van der Waals surface area contributed by atoms with E-state index >= 15 is 0 Å². The molecule has 0 saturated heterocycles. The summed E-state index contributed by atoms with van der Waals surface area (Å²) >= 11 is 0. The first kappa shape index (κ1) is 14.2. The van der Waals surface area contributed by atoms with Crippen molar-refractivity contribution in [1.29, 1.82) is 0 Å². The Labute approximate surface area is 105 Å². The molecule has 1 rings (SSSR count). The molecule has 2 nitrogen and oxygen atoms in total. The maximum Gasteiger partial charge on any atom is 0.0977 e. The molecule has 0 heterocycles. The lowest BCUT2D eigenvalue weighted by Gasteiger charge is -2.28. The lowest BCUT2D eigenvalue weighted by molar-refractivity contribution is 0.0311. The van der Waals surface area contributed by atoms with Crippen LogP contribution >= 0.6 is 0 Å². The first-order valence-corrected chi connectivity index (χ1v) is 6.73. The zero-order valence-corrected chi connectivity index (χ0v) is 11.3. The van der Waals surface area contributed by atoms with E-state index in [9.17, 15) is 0 Å². The Kier molecular flexibility index (Phi) is 6.90. The smallest absolute Gasteiger partial charge is 0.0977 e. The summed E-state index contributed by atoms with van der Waals surface area (Å²) in [7, 11) is 0. The van der Waals surface area contributed by atoms with Crippen LogP contribution in [0.5, 0.6) is 0 Å². The molecule has 0 saturated carbocycles. The Morgan fingerprint density at radius 2 is 1.82 bits per heavy atom. The standard InChI is InChI=1S/C15H25NO/c1-4-10-14(16-5-2)15(17-6-3)13-11-8-7-9-12-13/h7-9,11-12,14-16H,4-6,10H2,1-3H3. The fourth-order valence-corrected chi connectivity index (χ4v) is 2.20. The van der Waals surface area contributed by atoms with Gasteiger partial charge in [-0.05, 0) is 25.5 Å². The average molecular weight is 235 g/mol. The number of rotatable bonds is 8. The van der Waals surface area contributed by atoms with Crippen molar-refractivity contribution in [1.82, 2.24) is 5.32 Å². The van der Waals surface area contributed by atoms with E-state index in [1.165, 1.54) is 12.0 Å². The molecule has 0 fully saturated rings. The molecule has 0 radical (unpaired) electrons. The van der Waals surface area contributed by atoms with Crippen molar-refractivity contribution < 1.29 is 4.74 Å². The molecule has 1 aromatic carbocycles. The second-order valence-electron chi connectivity index (χ2n) is 4.24. The van der Waals surface area contributed by atoms with Gasteiger partial charge in [-0.2, -0.15) is 0 Å². The average Bonchev–Trinajstić information content (AvgIpc) is 2.37. The lowest BCUT2D eigenvalue weighted by Crippen LogP contribution is -2.36. The molecule has 0 spiro atoms. The zero-order valence-electron chi connectivity index (χ0n) is 11.3. The van der Waals surface area contributed by atoms with Gasteiger partial charge in [0.2, 0.25) is 0 Å². The van der Waals surface area contributed by atoms with Gasteiger partial charge in [-0.1, -0.05) is 50.6 Å². The highest BCUT2D eigenvalue weighted by Gasteiger charge is 2.21. The van der Waals surface area contributed by atoms with E-state index in [0.717, 1.165) is 19.6 Å². The van der Waals surface area contributed by atoms with Gasteiger partial charge in [-0.15, -0.1) is 0 Å². The summed E-state index contributed by atoms with van der Waals surface area (Å²) in [4.78, 5) is 0. The van der Waals surface area contributed by atoms with Crippen LogP contribution in [0.4, 0.5) is 0 Å². The molecule has 0 bridgehead atoms. The molecule has 0 aromatic heterocycles. The van der Waals surface area contributed by atoms with Gasteiger partial charge in [0.1, 0.15) is 0 Å². The van der Waals surface area contributed by atoms with Crippen LogP contribution in [0.15, 0.2) is 30.3 Å². The Morgan fingerprint density at radius 1 is 1.12 bits per heavy atom. The molecular weight excluding hydrogens is 210 g/mol. The largest absolute Gasteiger partial charge is 0.372 e. The molecular formula is C15H25NO. The molecule has 96 valence electrons. The highest BCUT2D eigenvalue weighted by Crippen LogP contribution is 2.23. The van der Waals surface area contributed by atoms with Crippen molar-refractivity contribution in [2.45, 2.75) is 45.8 Å². The zero-order chi connectivity index (χ0) is 12.5. The molecule has 0 aliphatic rings. The van der Waals surface area contributed by atoms with Gasteiger partial charge in [0.05, 0.1) is 6.10 Å². The van der Waals surface area contributed by atoms with Gasteiger partial charge >= 0.3 is 0 Å². The SMILES string of the molecule is CCCC(NCC)C(OCC)c1ccccc1. The summed E-state index contributed by atoms with van der Waals surface area (Å²) in [5.41, 5.74) is 1.27. The number of hydrogen-bond donors (Lipinski definition) is 1. The minimum atomic E-state index is 0.168. The van der Waals surface area contributed by atoms with E-state index in [0.29, 0.717) is 6.04 Å². The summed E-state index contributed by atoms with van der Waals surface area (Å²) in [6, 6.07) is 10.9. The Hall–Kier alpha value is -0.860. The molecule has 0 aliphatic heterocycles. The number of likely N-dealkylation sites (N-methyl/N-ethyl adjacent to an activating group) is 1. The molecule has 1 N–H and O–H groups in total. The van der Waals surface area contributed by atoms with Crippen molar-refractivity contribution >= 4 is 0 Å². The second-order valence-corrected chi connectivity index (χ2v) is 4.24. The highest BCUT2D eigenvalue weighted by atomic mass is 16.5. The van der Waals surface area contributed by atoms with E-state index in [-0.39, 0.29) is 6.10 Å². The van der Waals surface area contributed by atoms with E-state index < -0.39 is 0 Å². The van der Waals surface area contributed by atoms with Crippen LogP contribution in [0.1, 0.15) is 45.3 Å². The van der Waals surface area contributed by atoms with Gasteiger partial charge in [0.15, 0.2) is 0 Å². The minimum Gasteiger partial charge on any atom is -0.372 e. The second kappa shape index (κ2) is 8.26. The molecule has 17 heavy (non-hydrogen) atoms. The van der Waals surface area contributed by atoms with Gasteiger partial charge in [0.25, 0.3) is 0 Å². The minimum absolute atomic E-state index is 0.168. The molecule has 2 heteroatoms. The van der Waals surface area contributed by atoms with Gasteiger partial charge < -0.3 is 10.1 Å². The Morgan fingerprint density at radius 3 is 2.35 bits per heavy atom. The Bertz CT molecular complexity index is 280. The topological polar surface area (TPSA) is 21.3 Å². The van der Waals surface area contributed by atoms with E-state index in [1.54, 1.807) is 0 Å². The van der Waals surface area contributed by atoms with E-state index in [2.05, 4.69) is 56.4 Å². The van der Waals surface area contributed by atoms with Crippen LogP contribution in [0.2, 0.25) is 0 Å². The van der Waals surface area contributed by atoms with E-state index in [4.69, 9.17) is 4.74 Å². The van der Waals surface area contributed by atoms with Crippen LogP contribution in [-0.2, 0) is 4.74 Å². The fraction of sp³-hybridized carbons (Fsp3) is 0.600. The summed E-state index contributed by atoms with van der Waals surface area (Å²) in [6.07, 6.45) is 2.49. The number of hydrogen-bond acceptors (Lipinski definition) is 2.